The predicted octanol–water partition coefficient (Wildman–Crippen LogP) is 1.21. The van der Waals surface area contributed by atoms with E-state index in [1.807, 2.05) is 0 Å². The van der Waals surface area contributed by atoms with E-state index in [0.29, 0.717) is 13.1 Å². The molecular formula is C11H23NO3S. The fraction of sp³-hybridized carbons (Fsp3) is 1.00. The Labute approximate surface area is 98.7 Å². The molecule has 0 aromatic heterocycles. The molecule has 0 amide bonds. The Morgan fingerprint density at radius 1 is 1.31 bits per heavy atom. The van der Waals surface area contributed by atoms with Crippen LogP contribution in [0.5, 0.6) is 0 Å². The van der Waals surface area contributed by atoms with Crippen LogP contribution in [0, 0.1) is 5.41 Å². The summed E-state index contributed by atoms with van der Waals surface area (Å²) in [7, 11) is -3.30. The highest BCUT2D eigenvalue weighted by Crippen LogP contribution is 2.31. The van der Waals surface area contributed by atoms with Gasteiger partial charge < -0.3 is 5.11 Å². The van der Waals surface area contributed by atoms with Crippen LogP contribution in [0.4, 0.5) is 0 Å². The van der Waals surface area contributed by atoms with Gasteiger partial charge in [-0.3, -0.25) is 0 Å². The van der Waals surface area contributed by atoms with Crippen molar-refractivity contribution in [1.29, 1.82) is 0 Å². The molecule has 1 atom stereocenters. The topological polar surface area (TPSA) is 57.6 Å². The predicted molar refractivity (Wildman–Crippen MR) is 64.7 cm³/mol. The highest BCUT2D eigenvalue weighted by Gasteiger charge is 2.32. The van der Waals surface area contributed by atoms with E-state index in [1.165, 1.54) is 0 Å². The van der Waals surface area contributed by atoms with Crippen molar-refractivity contribution in [1.82, 2.24) is 4.31 Å². The van der Waals surface area contributed by atoms with Crippen LogP contribution in [0.3, 0.4) is 0 Å². The maximum Gasteiger partial charge on any atom is 0.218 e. The molecule has 1 rings (SSSR count). The van der Waals surface area contributed by atoms with Crippen LogP contribution in [0.1, 0.15) is 40.0 Å². The van der Waals surface area contributed by atoms with Crippen LogP contribution in [0.15, 0.2) is 0 Å². The molecule has 4 nitrogen and oxygen atoms in total. The molecule has 0 spiro atoms. The van der Waals surface area contributed by atoms with E-state index in [9.17, 15) is 8.42 Å². The summed E-state index contributed by atoms with van der Waals surface area (Å²) in [5.41, 5.74) is 0.229. The molecule has 1 unspecified atom stereocenters. The fourth-order valence-electron chi connectivity index (χ4n) is 2.00. The van der Waals surface area contributed by atoms with Gasteiger partial charge in [-0.1, -0.05) is 13.8 Å². The largest absolute Gasteiger partial charge is 0.395 e. The van der Waals surface area contributed by atoms with Crippen molar-refractivity contribution < 1.29 is 13.5 Å². The van der Waals surface area contributed by atoms with Crippen LogP contribution in [-0.2, 0) is 10.0 Å². The lowest BCUT2D eigenvalue weighted by Gasteiger charge is -2.24. The average Bonchev–Trinajstić information content (AvgIpc) is 2.38. The molecule has 0 aliphatic carbocycles. The van der Waals surface area contributed by atoms with Crippen LogP contribution in [0.25, 0.3) is 0 Å². The van der Waals surface area contributed by atoms with Crippen molar-refractivity contribution in [2.75, 3.05) is 19.7 Å². The van der Waals surface area contributed by atoms with Gasteiger partial charge in [0, 0.05) is 13.1 Å². The average molecular weight is 249 g/mol. The third-order valence-electron chi connectivity index (χ3n) is 3.42. The highest BCUT2D eigenvalue weighted by molar-refractivity contribution is 7.89. The van der Waals surface area contributed by atoms with Gasteiger partial charge in [-0.05, 0) is 31.6 Å². The first-order valence-corrected chi connectivity index (χ1v) is 7.40. The van der Waals surface area contributed by atoms with Gasteiger partial charge in [0.05, 0.1) is 11.9 Å². The maximum atomic E-state index is 12.0. The summed E-state index contributed by atoms with van der Waals surface area (Å²) >= 11 is 0. The Bertz CT molecular complexity index is 324. The number of nitrogens with zero attached hydrogens (tertiary/aromatic N) is 1. The lowest BCUT2D eigenvalue weighted by molar-refractivity contribution is 0.286. The van der Waals surface area contributed by atoms with Crippen LogP contribution >= 0.6 is 0 Å². The van der Waals surface area contributed by atoms with Crippen molar-refractivity contribution >= 4 is 10.0 Å². The van der Waals surface area contributed by atoms with E-state index >= 15 is 0 Å². The van der Waals surface area contributed by atoms with Crippen LogP contribution in [0.2, 0.25) is 0 Å². The molecule has 1 aliphatic rings. The first-order valence-electron chi connectivity index (χ1n) is 5.89. The highest BCUT2D eigenvalue weighted by atomic mass is 32.2. The summed E-state index contributed by atoms with van der Waals surface area (Å²) in [6.07, 6.45) is 2.86. The number of hydrogen-bond acceptors (Lipinski definition) is 3. The van der Waals surface area contributed by atoms with E-state index in [0.717, 1.165) is 19.3 Å². The molecule has 0 aromatic carbocycles. The van der Waals surface area contributed by atoms with Crippen LogP contribution < -0.4 is 0 Å². The normalized spacial score (nSPS) is 25.0. The number of hydrogen-bond donors (Lipinski definition) is 1. The summed E-state index contributed by atoms with van der Waals surface area (Å²) in [4.78, 5) is 0. The lowest BCUT2D eigenvalue weighted by Crippen LogP contribution is -2.39. The Balaban J connectivity index is 2.75. The second kappa shape index (κ2) is 5.02. The number of aliphatic hydroxyl groups excluding tert-OH is 1. The second-order valence-electron chi connectivity index (χ2n) is 5.45. The minimum Gasteiger partial charge on any atom is -0.395 e. The zero-order valence-electron chi connectivity index (χ0n) is 10.4. The summed E-state index contributed by atoms with van der Waals surface area (Å²) in [5, 5.41) is 8.28. The van der Waals surface area contributed by atoms with Gasteiger partial charge in [-0.25, -0.2) is 12.7 Å². The molecule has 1 N–H and O–H groups in total. The first kappa shape index (κ1) is 13.9. The monoisotopic (exact) mass is 249 g/mol. The van der Waals surface area contributed by atoms with Gasteiger partial charge in [0.15, 0.2) is 0 Å². The third kappa shape index (κ3) is 3.18. The van der Waals surface area contributed by atoms with E-state index < -0.39 is 15.3 Å². The zero-order valence-corrected chi connectivity index (χ0v) is 11.3. The van der Waals surface area contributed by atoms with Gasteiger partial charge in [-0.15, -0.1) is 0 Å². The van der Waals surface area contributed by atoms with Gasteiger partial charge >= 0.3 is 0 Å². The van der Waals surface area contributed by atoms with Gasteiger partial charge in [0.2, 0.25) is 10.0 Å². The van der Waals surface area contributed by atoms with Crippen LogP contribution in [-0.4, -0.2) is 42.8 Å². The number of aliphatic hydroxyl groups is 1. The molecule has 1 saturated heterocycles. The summed E-state index contributed by atoms with van der Waals surface area (Å²) in [6, 6.07) is 0. The molecule has 0 saturated carbocycles. The van der Waals surface area contributed by atoms with Crippen molar-refractivity contribution in [2.45, 2.75) is 45.3 Å². The zero-order chi connectivity index (χ0) is 12.4. The van der Waals surface area contributed by atoms with E-state index in [2.05, 4.69) is 13.8 Å². The third-order valence-corrected chi connectivity index (χ3v) is 5.68. The molecule has 16 heavy (non-hydrogen) atoms. The van der Waals surface area contributed by atoms with E-state index in [4.69, 9.17) is 5.11 Å². The molecule has 1 heterocycles. The Morgan fingerprint density at radius 2 is 1.94 bits per heavy atom. The molecule has 1 fully saturated rings. The van der Waals surface area contributed by atoms with Crippen molar-refractivity contribution in [3.05, 3.63) is 0 Å². The summed E-state index contributed by atoms with van der Waals surface area (Å²) in [6.45, 7) is 6.79. The standard InChI is InChI=1S/C11H23NO3S/c1-10(9-13)16(14,15)12-7-4-5-11(2,3)6-8-12/h10,13H,4-9H2,1-3H3. The number of sulfonamides is 1. The molecule has 96 valence electrons. The van der Waals surface area contributed by atoms with Gasteiger partial charge in [-0.2, -0.15) is 0 Å². The fourth-order valence-corrected chi connectivity index (χ4v) is 3.43. The smallest absolute Gasteiger partial charge is 0.218 e. The SMILES string of the molecule is CC(CO)S(=O)(=O)N1CCCC(C)(C)CC1. The quantitative estimate of drug-likeness (QED) is 0.818. The lowest BCUT2D eigenvalue weighted by atomic mass is 9.85. The van der Waals surface area contributed by atoms with Gasteiger partial charge in [0.1, 0.15) is 0 Å². The van der Waals surface area contributed by atoms with Crippen molar-refractivity contribution in [3.8, 4) is 0 Å². The second-order valence-corrected chi connectivity index (χ2v) is 7.81. The Kier molecular flexibility index (Phi) is 4.37. The molecule has 0 aromatic rings. The Hall–Kier alpha value is -0.130. The molecule has 0 bridgehead atoms. The first-order chi connectivity index (χ1) is 7.29. The maximum absolute atomic E-state index is 12.0. The summed E-state index contributed by atoms with van der Waals surface area (Å²) in [5.74, 6) is 0. The van der Waals surface area contributed by atoms with Gasteiger partial charge in [0.25, 0.3) is 0 Å². The number of rotatable bonds is 3. The molecule has 0 radical (unpaired) electrons. The molecule has 5 heteroatoms. The minimum absolute atomic E-state index is 0.229. The molecular weight excluding hydrogens is 226 g/mol. The summed E-state index contributed by atoms with van der Waals surface area (Å²) < 4.78 is 25.6. The van der Waals surface area contributed by atoms with Crippen molar-refractivity contribution in [2.24, 2.45) is 5.41 Å². The molecule has 1 aliphatic heterocycles. The van der Waals surface area contributed by atoms with E-state index in [1.54, 1.807) is 11.2 Å². The minimum atomic E-state index is -3.30. The van der Waals surface area contributed by atoms with Crippen molar-refractivity contribution in [3.63, 3.8) is 0 Å². The Morgan fingerprint density at radius 3 is 2.50 bits per heavy atom. The van der Waals surface area contributed by atoms with E-state index in [-0.39, 0.29) is 12.0 Å².